The number of piperidine rings is 1. The third-order valence-electron chi connectivity index (χ3n) is 4.45. The van der Waals surface area contributed by atoms with E-state index in [4.69, 9.17) is 0 Å². The predicted molar refractivity (Wildman–Crippen MR) is 80.1 cm³/mol. The zero-order valence-corrected chi connectivity index (χ0v) is 13.0. The number of β-amino-alcohol motifs (C(OH)–C–C–N with tert-alkyl or cyclic N) is 1. The van der Waals surface area contributed by atoms with Crippen LogP contribution >= 0.6 is 0 Å². The summed E-state index contributed by atoms with van der Waals surface area (Å²) >= 11 is 0. The Morgan fingerprint density at radius 3 is 2.82 bits per heavy atom. The fourth-order valence-corrected chi connectivity index (χ4v) is 3.28. The van der Waals surface area contributed by atoms with Crippen molar-refractivity contribution in [1.29, 1.82) is 0 Å². The van der Waals surface area contributed by atoms with Crippen LogP contribution in [0.25, 0.3) is 0 Å². The van der Waals surface area contributed by atoms with Crippen LogP contribution in [0.4, 0.5) is 4.79 Å². The van der Waals surface area contributed by atoms with Crippen molar-refractivity contribution in [1.82, 2.24) is 30.3 Å². The molecule has 0 spiro atoms. The smallest absolute Gasteiger partial charge is 0.317 e. The fraction of sp³-hybridized carbons (Fsp3) is 0.786. The summed E-state index contributed by atoms with van der Waals surface area (Å²) in [5, 5.41) is 19.8. The number of carbonyl (C=O) groups excluding carboxylic acids is 1. The second kappa shape index (κ2) is 6.62. The summed E-state index contributed by atoms with van der Waals surface area (Å²) in [4.78, 5) is 20.4. The molecule has 2 amide bonds. The summed E-state index contributed by atoms with van der Waals surface area (Å²) in [6, 6.07) is -0.0992. The van der Waals surface area contributed by atoms with Crippen molar-refractivity contribution in [2.45, 2.75) is 44.9 Å². The van der Waals surface area contributed by atoms with Crippen LogP contribution in [0, 0.1) is 6.92 Å². The molecule has 2 aliphatic rings. The molecule has 0 aromatic carbocycles. The minimum Gasteiger partial charge on any atom is -0.390 e. The van der Waals surface area contributed by atoms with Crippen LogP contribution in [0.1, 0.15) is 30.9 Å². The molecule has 2 atom stereocenters. The Labute approximate surface area is 129 Å². The lowest BCUT2D eigenvalue weighted by Gasteiger charge is -2.33. The molecule has 8 nitrogen and oxygen atoms in total. The van der Waals surface area contributed by atoms with E-state index in [9.17, 15) is 9.90 Å². The number of urea groups is 1. The lowest BCUT2D eigenvalue weighted by molar-refractivity contribution is 0.0706. The first kappa shape index (κ1) is 15.2. The van der Waals surface area contributed by atoms with Crippen molar-refractivity contribution in [2.24, 2.45) is 0 Å². The van der Waals surface area contributed by atoms with Crippen LogP contribution in [0.2, 0.25) is 0 Å². The Hall–Kier alpha value is -1.67. The highest BCUT2D eigenvalue weighted by atomic mass is 16.3. The third-order valence-corrected chi connectivity index (χ3v) is 4.45. The van der Waals surface area contributed by atoms with Gasteiger partial charge in [-0.15, -0.1) is 0 Å². The highest BCUT2D eigenvalue weighted by Gasteiger charge is 2.37. The number of rotatable bonds is 3. The Morgan fingerprint density at radius 2 is 2.14 bits per heavy atom. The number of aliphatic hydroxyl groups is 1. The summed E-state index contributed by atoms with van der Waals surface area (Å²) in [5.74, 6) is 1.30. The normalized spacial score (nSPS) is 26.4. The van der Waals surface area contributed by atoms with Crippen LogP contribution in [-0.2, 0) is 6.54 Å². The maximum absolute atomic E-state index is 12.2. The van der Waals surface area contributed by atoms with Crippen LogP contribution in [-0.4, -0.2) is 74.4 Å². The lowest BCUT2D eigenvalue weighted by Crippen LogP contribution is -2.46. The van der Waals surface area contributed by atoms with Gasteiger partial charge in [0.2, 0.25) is 0 Å². The summed E-state index contributed by atoms with van der Waals surface area (Å²) in [6.07, 6.45) is 3.16. The van der Waals surface area contributed by atoms with Gasteiger partial charge < -0.3 is 15.3 Å². The van der Waals surface area contributed by atoms with E-state index in [-0.39, 0.29) is 12.1 Å². The number of aliphatic hydroxyl groups excluding tert-OH is 1. The van der Waals surface area contributed by atoms with E-state index in [0.717, 1.165) is 18.9 Å². The summed E-state index contributed by atoms with van der Waals surface area (Å²) in [6.45, 7) is 5.13. The van der Waals surface area contributed by atoms with Gasteiger partial charge in [-0.05, 0) is 32.9 Å². The van der Waals surface area contributed by atoms with Gasteiger partial charge in [0.25, 0.3) is 0 Å². The largest absolute Gasteiger partial charge is 0.390 e. The predicted octanol–water partition coefficient (Wildman–Crippen LogP) is -0.146. The molecule has 2 saturated heterocycles. The van der Waals surface area contributed by atoms with Crippen LogP contribution in [0.15, 0.2) is 0 Å². The molecule has 3 N–H and O–H groups in total. The van der Waals surface area contributed by atoms with Gasteiger partial charge >= 0.3 is 6.03 Å². The molecule has 2 aliphatic heterocycles. The topological polar surface area (TPSA) is 97.4 Å². The number of hydrogen-bond acceptors (Lipinski definition) is 5. The van der Waals surface area contributed by atoms with E-state index in [1.54, 1.807) is 4.90 Å². The number of H-pyrrole nitrogens is 1. The van der Waals surface area contributed by atoms with E-state index in [1.165, 1.54) is 19.3 Å². The molecule has 1 aromatic heterocycles. The molecule has 2 fully saturated rings. The van der Waals surface area contributed by atoms with Gasteiger partial charge in [-0.25, -0.2) is 9.78 Å². The summed E-state index contributed by atoms with van der Waals surface area (Å²) in [7, 11) is 0. The number of nitrogens with one attached hydrogen (secondary N) is 2. The van der Waals surface area contributed by atoms with E-state index < -0.39 is 6.10 Å². The van der Waals surface area contributed by atoms with Crippen molar-refractivity contribution < 1.29 is 9.90 Å². The average molecular weight is 308 g/mol. The van der Waals surface area contributed by atoms with Crippen LogP contribution in [0.3, 0.4) is 0 Å². The molecule has 0 aliphatic carbocycles. The van der Waals surface area contributed by atoms with Crippen molar-refractivity contribution >= 4 is 6.03 Å². The minimum atomic E-state index is -0.463. The molecule has 0 bridgehead atoms. The van der Waals surface area contributed by atoms with Gasteiger partial charge in [0, 0.05) is 13.1 Å². The lowest BCUT2D eigenvalue weighted by atomic mass is 10.1. The van der Waals surface area contributed by atoms with Gasteiger partial charge in [-0.1, -0.05) is 6.42 Å². The van der Waals surface area contributed by atoms with Gasteiger partial charge in [0.05, 0.1) is 18.7 Å². The summed E-state index contributed by atoms with van der Waals surface area (Å²) in [5.41, 5.74) is 0. The molecule has 0 radical (unpaired) electrons. The third kappa shape index (κ3) is 3.38. The number of nitrogens with zero attached hydrogens (tertiary/aromatic N) is 4. The van der Waals surface area contributed by atoms with Gasteiger partial charge in [0.1, 0.15) is 5.82 Å². The number of aromatic nitrogens is 3. The molecule has 122 valence electrons. The molecular weight excluding hydrogens is 284 g/mol. The minimum absolute atomic E-state index is 0.0665. The zero-order chi connectivity index (χ0) is 15.5. The molecular formula is C14H24N6O2. The number of likely N-dealkylation sites (tertiary alicyclic amines) is 2. The first-order chi connectivity index (χ1) is 10.6. The molecule has 8 heteroatoms. The Balaban J connectivity index is 1.51. The molecule has 1 aromatic rings. The molecule has 22 heavy (non-hydrogen) atoms. The number of carbonyl (C=O) groups is 1. The molecule has 0 saturated carbocycles. The SMILES string of the molecule is Cc1nc(CNC(=O)N2C[C@H](O)[C@@H](N3CCCCC3)C2)n[nH]1. The van der Waals surface area contributed by atoms with Crippen LogP contribution in [0.5, 0.6) is 0 Å². The van der Waals surface area contributed by atoms with Crippen LogP contribution < -0.4 is 5.32 Å². The van der Waals surface area contributed by atoms with Crippen molar-refractivity contribution in [3.05, 3.63) is 11.6 Å². The van der Waals surface area contributed by atoms with Crippen molar-refractivity contribution in [3.8, 4) is 0 Å². The number of hydrogen-bond donors (Lipinski definition) is 3. The standard InChI is InChI=1S/C14H24N6O2/c1-10-16-13(18-17-10)7-15-14(22)20-8-11(12(21)9-20)19-5-3-2-4-6-19/h11-12,21H,2-9H2,1H3,(H,15,22)(H,16,17,18)/t11-,12-/m0/s1. The van der Waals surface area contributed by atoms with E-state index in [0.29, 0.717) is 25.5 Å². The quantitative estimate of drug-likeness (QED) is 0.722. The summed E-state index contributed by atoms with van der Waals surface area (Å²) < 4.78 is 0. The highest BCUT2D eigenvalue weighted by Crippen LogP contribution is 2.20. The highest BCUT2D eigenvalue weighted by molar-refractivity contribution is 5.74. The van der Waals surface area contributed by atoms with Crippen molar-refractivity contribution in [2.75, 3.05) is 26.2 Å². The van der Waals surface area contributed by atoms with E-state index >= 15 is 0 Å². The Kier molecular flexibility index (Phi) is 4.58. The maximum atomic E-state index is 12.2. The fourth-order valence-electron chi connectivity index (χ4n) is 3.28. The second-order valence-corrected chi connectivity index (χ2v) is 6.13. The van der Waals surface area contributed by atoms with Gasteiger partial charge in [-0.2, -0.15) is 5.10 Å². The number of aryl methyl sites for hydroxylation is 1. The molecule has 3 rings (SSSR count). The first-order valence-electron chi connectivity index (χ1n) is 7.96. The average Bonchev–Trinajstić information content (AvgIpc) is 3.12. The number of amides is 2. The first-order valence-corrected chi connectivity index (χ1v) is 7.96. The van der Waals surface area contributed by atoms with E-state index in [2.05, 4.69) is 25.4 Å². The zero-order valence-electron chi connectivity index (χ0n) is 13.0. The molecule has 0 unspecified atom stereocenters. The second-order valence-electron chi connectivity index (χ2n) is 6.13. The van der Waals surface area contributed by atoms with Crippen molar-refractivity contribution in [3.63, 3.8) is 0 Å². The monoisotopic (exact) mass is 308 g/mol. The molecule has 3 heterocycles. The maximum Gasteiger partial charge on any atom is 0.317 e. The van der Waals surface area contributed by atoms with Gasteiger partial charge in [0.15, 0.2) is 5.82 Å². The number of aromatic amines is 1. The van der Waals surface area contributed by atoms with E-state index in [1.807, 2.05) is 6.92 Å². The Bertz CT molecular complexity index is 513. The Morgan fingerprint density at radius 1 is 1.36 bits per heavy atom. The van der Waals surface area contributed by atoms with Gasteiger partial charge in [-0.3, -0.25) is 10.00 Å².